The predicted molar refractivity (Wildman–Crippen MR) is 131 cm³/mol. The van der Waals surface area contributed by atoms with Crippen LogP contribution in [-0.2, 0) is 0 Å². The van der Waals surface area contributed by atoms with Crippen LogP contribution in [0.25, 0.3) is 0 Å². The molecule has 0 aromatic heterocycles. The maximum absolute atomic E-state index is 11.7. The minimum atomic E-state index is -0.862. The van der Waals surface area contributed by atoms with Crippen LogP contribution in [0.4, 0.5) is 0 Å². The van der Waals surface area contributed by atoms with Crippen LogP contribution in [0.15, 0.2) is 0 Å². The third-order valence-electron chi connectivity index (χ3n) is 11.7. The highest BCUT2D eigenvalue weighted by molar-refractivity contribution is 5.19. The number of hydrogen-bond acceptors (Lipinski definition) is 6. The summed E-state index contributed by atoms with van der Waals surface area (Å²) in [4.78, 5) is 0. The molecule has 0 aromatic rings. The van der Waals surface area contributed by atoms with E-state index >= 15 is 0 Å². The van der Waals surface area contributed by atoms with E-state index < -0.39 is 35.9 Å². The average Bonchev–Trinajstić information content (AvgIpc) is 3.03. The molecule has 6 N–H and O–H groups in total. The first kappa shape index (κ1) is 26.8. The lowest BCUT2D eigenvalue weighted by Crippen LogP contribution is -2.66. The lowest BCUT2D eigenvalue weighted by atomic mass is 9.38. The molecule has 0 spiro atoms. The SMILES string of the molecule is CC(C)C(O)C(O)C[C@@H](C)[C@H]1[C@@H](O)C[C@H]2[C@]3(C)C[C@@H](O)[C@H]4C[C@@H](O)CC[C@]4(C)[C@H]3C[C@H](O)[C@]12C. The highest BCUT2D eigenvalue weighted by Gasteiger charge is 2.71. The van der Waals surface area contributed by atoms with E-state index in [1.807, 2.05) is 20.8 Å². The smallest absolute Gasteiger partial charge is 0.0822 e. The fourth-order valence-electron chi connectivity index (χ4n) is 10.1. The first-order chi connectivity index (χ1) is 15.7. The molecule has 4 fully saturated rings. The molecule has 4 aliphatic rings. The normalized spacial score (nSPS) is 53.6. The largest absolute Gasteiger partial charge is 0.393 e. The summed E-state index contributed by atoms with van der Waals surface area (Å²) in [6, 6.07) is 0. The summed E-state index contributed by atoms with van der Waals surface area (Å²) in [5, 5.41) is 65.8. The molecule has 6 nitrogen and oxygen atoms in total. The van der Waals surface area contributed by atoms with E-state index in [1.165, 1.54) is 0 Å². The zero-order valence-electron chi connectivity index (χ0n) is 22.1. The lowest BCUT2D eigenvalue weighted by Gasteiger charge is -2.68. The van der Waals surface area contributed by atoms with Gasteiger partial charge < -0.3 is 30.6 Å². The van der Waals surface area contributed by atoms with E-state index in [2.05, 4.69) is 20.8 Å². The van der Waals surface area contributed by atoms with Gasteiger partial charge >= 0.3 is 0 Å². The van der Waals surface area contributed by atoms with Crippen molar-refractivity contribution in [1.82, 2.24) is 0 Å². The van der Waals surface area contributed by atoms with Gasteiger partial charge in [-0.3, -0.25) is 0 Å². The van der Waals surface area contributed by atoms with Crippen LogP contribution < -0.4 is 0 Å². The molecule has 0 amide bonds. The fraction of sp³-hybridized carbons (Fsp3) is 1.00. The molecule has 0 heterocycles. The Morgan fingerprint density at radius 1 is 0.824 bits per heavy atom. The highest BCUT2D eigenvalue weighted by atomic mass is 16.3. The molecule has 34 heavy (non-hydrogen) atoms. The molecule has 6 heteroatoms. The van der Waals surface area contributed by atoms with Gasteiger partial charge in [0.1, 0.15) is 0 Å². The zero-order valence-corrected chi connectivity index (χ0v) is 22.1. The summed E-state index contributed by atoms with van der Waals surface area (Å²) in [7, 11) is 0. The molecule has 0 radical (unpaired) electrons. The van der Waals surface area contributed by atoms with Crippen LogP contribution in [0.2, 0.25) is 0 Å². The summed E-state index contributed by atoms with van der Waals surface area (Å²) in [6.45, 7) is 12.5. The minimum absolute atomic E-state index is 0.0413. The predicted octanol–water partition coefficient (Wildman–Crippen LogP) is 2.71. The molecule has 0 bridgehead atoms. The molecule has 4 aliphatic carbocycles. The molecule has 14 atom stereocenters. The number of aliphatic hydroxyl groups is 6. The number of fused-ring (bicyclic) bond motifs is 5. The van der Waals surface area contributed by atoms with E-state index in [-0.39, 0.29) is 52.4 Å². The van der Waals surface area contributed by atoms with Crippen molar-refractivity contribution in [1.29, 1.82) is 0 Å². The Morgan fingerprint density at radius 2 is 1.47 bits per heavy atom. The third-order valence-corrected chi connectivity index (χ3v) is 11.7. The van der Waals surface area contributed by atoms with Gasteiger partial charge in [0, 0.05) is 5.41 Å². The Bertz CT molecular complexity index is 744. The van der Waals surface area contributed by atoms with Gasteiger partial charge in [0.05, 0.1) is 36.6 Å². The maximum Gasteiger partial charge on any atom is 0.0822 e. The van der Waals surface area contributed by atoms with E-state index in [0.29, 0.717) is 32.1 Å². The zero-order chi connectivity index (χ0) is 25.4. The average molecular weight is 483 g/mol. The fourth-order valence-corrected chi connectivity index (χ4v) is 10.1. The Morgan fingerprint density at radius 3 is 2.09 bits per heavy atom. The van der Waals surface area contributed by atoms with Crippen LogP contribution >= 0.6 is 0 Å². The second-order valence-electron chi connectivity index (χ2n) is 13.9. The van der Waals surface area contributed by atoms with E-state index in [4.69, 9.17) is 0 Å². The van der Waals surface area contributed by atoms with Crippen molar-refractivity contribution in [2.45, 2.75) is 123 Å². The molecular weight excluding hydrogens is 432 g/mol. The number of rotatable bonds is 5. The molecule has 198 valence electrons. The van der Waals surface area contributed by atoms with Crippen LogP contribution in [-0.4, -0.2) is 67.3 Å². The Hall–Kier alpha value is -0.240. The molecule has 0 saturated heterocycles. The van der Waals surface area contributed by atoms with Crippen LogP contribution in [0.3, 0.4) is 0 Å². The third kappa shape index (κ3) is 3.81. The van der Waals surface area contributed by atoms with Gasteiger partial charge in [-0.05, 0) is 91.3 Å². The molecule has 4 rings (SSSR count). The molecule has 0 aliphatic heterocycles. The van der Waals surface area contributed by atoms with Crippen LogP contribution in [0.1, 0.15) is 86.5 Å². The van der Waals surface area contributed by atoms with Gasteiger partial charge in [0.25, 0.3) is 0 Å². The Labute approximate surface area is 205 Å². The first-order valence-corrected chi connectivity index (χ1v) is 13.8. The van der Waals surface area contributed by atoms with Gasteiger partial charge in [-0.15, -0.1) is 0 Å². The second-order valence-corrected chi connectivity index (χ2v) is 13.9. The van der Waals surface area contributed by atoms with Crippen molar-refractivity contribution in [3.8, 4) is 0 Å². The summed E-state index contributed by atoms with van der Waals surface area (Å²) >= 11 is 0. The molecule has 4 saturated carbocycles. The van der Waals surface area contributed by atoms with E-state index in [9.17, 15) is 30.6 Å². The summed E-state index contributed by atoms with van der Waals surface area (Å²) in [6.07, 6.45) is 0.795. The van der Waals surface area contributed by atoms with Gasteiger partial charge in [-0.25, -0.2) is 0 Å². The van der Waals surface area contributed by atoms with Crippen LogP contribution in [0, 0.1) is 51.8 Å². The quantitative estimate of drug-likeness (QED) is 0.358. The van der Waals surface area contributed by atoms with Gasteiger partial charge in [-0.2, -0.15) is 0 Å². The molecule has 2 unspecified atom stereocenters. The topological polar surface area (TPSA) is 121 Å². The lowest BCUT2D eigenvalue weighted by molar-refractivity contribution is -0.240. The molecule has 0 aromatic carbocycles. The highest BCUT2D eigenvalue weighted by Crippen LogP contribution is 2.73. The molecular formula is C28H50O6. The van der Waals surface area contributed by atoms with Crippen molar-refractivity contribution in [2.24, 2.45) is 51.8 Å². The van der Waals surface area contributed by atoms with E-state index in [1.54, 1.807) is 0 Å². The summed E-state index contributed by atoms with van der Waals surface area (Å²) < 4.78 is 0. The summed E-state index contributed by atoms with van der Waals surface area (Å²) in [5.74, 6) is 0.0243. The van der Waals surface area contributed by atoms with Crippen molar-refractivity contribution < 1.29 is 30.6 Å². The Kier molecular flexibility index (Phi) is 7.06. The van der Waals surface area contributed by atoms with Crippen molar-refractivity contribution in [2.75, 3.05) is 0 Å². The van der Waals surface area contributed by atoms with Crippen molar-refractivity contribution in [3.05, 3.63) is 0 Å². The Balaban J connectivity index is 1.65. The monoisotopic (exact) mass is 482 g/mol. The summed E-state index contributed by atoms with van der Waals surface area (Å²) in [5.41, 5.74) is -0.879. The van der Waals surface area contributed by atoms with E-state index in [0.717, 1.165) is 12.8 Å². The van der Waals surface area contributed by atoms with Gasteiger partial charge in [0.2, 0.25) is 0 Å². The number of hydrogen-bond donors (Lipinski definition) is 6. The van der Waals surface area contributed by atoms with Crippen molar-refractivity contribution >= 4 is 0 Å². The van der Waals surface area contributed by atoms with Gasteiger partial charge in [-0.1, -0.05) is 41.5 Å². The standard InChI is InChI=1S/C28H50O6/c1-14(2)25(34)19(31)9-15(3)24-18(30)11-22-27(5)13-20(32)17-10-16(29)7-8-26(17,4)21(27)12-23(33)28(22,24)6/h14-25,29-34H,7-13H2,1-6H3/t15-,16+,17-,18+,19?,20-,21-,22+,23+,24+,25?,26+,27-,28-/m1/s1. The minimum Gasteiger partial charge on any atom is -0.393 e. The van der Waals surface area contributed by atoms with Gasteiger partial charge in [0.15, 0.2) is 0 Å². The van der Waals surface area contributed by atoms with Crippen LogP contribution in [0.5, 0.6) is 0 Å². The first-order valence-electron chi connectivity index (χ1n) is 13.8. The number of aliphatic hydroxyl groups excluding tert-OH is 6. The maximum atomic E-state index is 11.7. The second kappa shape index (κ2) is 8.95. The van der Waals surface area contributed by atoms with Crippen molar-refractivity contribution in [3.63, 3.8) is 0 Å².